The van der Waals surface area contributed by atoms with Crippen molar-refractivity contribution >= 4 is 16.7 Å². The Bertz CT molecular complexity index is 904. The molecule has 8 heteroatoms. The Labute approximate surface area is 176 Å². The molecule has 5 rings (SSSR count). The van der Waals surface area contributed by atoms with Crippen LogP contribution in [0.5, 0.6) is 11.5 Å². The van der Waals surface area contributed by atoms with Crippen molar-refractivity contribution in [2.24, 2.45) is 11.8 Å². The maximum Gasteiger partial charge on any atom is 0.162 e. The Kier molecular flexibility index (Phi) is 5.39. The van der Waals surface area contributed by atoms with Crippen LogP contribution >= 0.6 is 0 Å². The normalized spacial score (nSPS) is 29.8. The minimum atomic E-state index is -0.268. The number of anilines is 1. The molecule has 30 heavy (non-hydrogen) atoms. The third-order valence-corrected chi connectivity index (χ3v) is 7.04. The molecule has 0 radical (unpaired) electrons. The van der Waals surface area contributed by atoms with Gasteiger partial charge in [-0.25, -0.2) is 9.97 Å². The van der Waals surface area contributed by atoms with Crippen molar-refractivity contribution < 1.29 is 19.3 Å². The number of fused-ring (bicyclic) bond motifs is 2. The van der Waals surface area contributed by atoms with Crippen molar-refractivity contribution in [2.75, 3.05) is 58.5 Å². The highest BCUT2D eigenvalue weighted by Crippen LogP contribution is 2.42. The van der Waals surface area contributed by atoms with E-state index in [-0.39, 0.29) is 12.1 Å². The third kappa shape index (κ3) is 3.46. The quantitative estimate of drug-likeness (QED) is 0.807. The summed E-state index contributed by atoms with van der Waals surface area (Å²) in [6.45, 7) is 5.24. The van der Waals surface area contributed by atoms with Gasteiger partial charge < -0.3 is 24.2 Å². The topological polar surface area (TPSA) is 80.2 Å². The number of nitrogens with zero attached hydrogens (tertiary/aromatic N) is 4. The van der Waals surface area contributed by atoms with E-state index >= 15 is 0 Å². The molecule has 2 aromatic rings. The molecule has 1 saturated carbocycles. The number of aliphatic hydroxyl groups excluding tert-OH is 1. The van der Waals surface area contributed by atoms with Crippen molar-refractivity contribution in [3.05, 3.63) is 18.5 Å². The number of methoxy groups -OCH3 is 2. The number of rotatable bonds is 4. The Balaban J connectivity index is 1.40. The Hall–Kier alpha value is -2.16. The highest BCUT2D eigenvalue weighted by Gasteiger charge is 2.44. The molecular formula is C22H30N4O4. The van der Waals surface area contributed by atoms with Gasteiger partial charge in [-0.15, -0.1) is 0 Å². The van der Waals surface area contributed by atoms with Crippen LogP contribution in [0.2, 0.25) is 0 Å². The summed E-state index contributed by atoms with van der Waals surface area (Å²) in [5, 5.41) is 11.8. The molecule has 1 aromatic heterocycles. The molecule has 1 aliphatic carbocycles. The number of hydrogen-bond acceptors (Lipinski definition) is 8. The summed E-state index contributed by atoms with van der Waals surface area (Å²) in [6, 6.07) is 4.11. The number of ether oxygens (including phenoxy) is 3. The summed E-state index contributed by atoms with van der Waals surface area (Å²) in [6.07, 6.45) is 3.23. The van der Waals surface area contributed by atoms with E-state index in [0.29, 0.717) is 23.3 Å². The Morgan fingerprint density at radius 3 is 2.43 bits per heavy atom. The van der Waals surface area contributed by atoms with Gasteiger partial charge in [-0.1, -0.05) is 0 Å². The smallest absolute Gasteiger partial charge is 0.162 e. The summed E-state index contributed by atoms with van der Waals surface area (Å²) in [5.74, 6) is 3.34. The van der Waals surface area contributed by atoms with Crippen LogP contribution in [-0.4, -0.2) is 85.7 Å². The maximum absolute atomic E-state index is 10.9. The van der Waals surface area contributed by atoms with Gasteiger partial charge in [-0.2, -0.15) is 0 Å². The zero-order valence-electron chi connectivity index (χ0n) is 17.7. The SMILES string of the molecule is COc1cc2ncnc(N3C[C@H]4C[C@@H](N5CCOCC5)[C@H](O)C[C@H]4C3)c2cc1OC. The van der Waals surface area contributed by atoms with E-state index in [1.807, 2.05) is 12.1 Å². The molecule has 0 amide bonds. The van der Waals surface area contributed by atoms with Crippen molar-refractivity contribution in [2.45, 2.75) is 25.0 Å². The predicted molar refractivity (Wildman–Crippen MR) is 113 cm³/mol. The van der Waals surface area contributed by atoms with E-state index in [4.69, 9.17) is 14.2 Å². The van der Waals surface area contributed by atoms with Crippen molar-refractivity contribution in [3.8, 4) is 11.5 Å². The fraction of sp³-hybridized carbons (Fsp3) is 0.636. The number of hydrogen-bond donors (Lipinski definition) is 1. The van der Waals surface area contributed by atoms with Crippen LogP contribution < -0.4 is 14.4 Å². The lowest BCUT2D eigenvalue weighted by Gasteiger charge is -2.43. The van der Waals surface area contributed by atoms with E-state index in [9.17, 15) is 5.11 Å². The first-order chi connectivity index (χ1) is 14.7. The minimum absolute atomic E-state index is 0.238. The molecule has 162 valence electrons. The zero-order chi connectivity index (χ0) is 20.7. The molecule has 0 bridgehead atoms. The molecule has 1 aromatic carbocycles. The zero-order valence-corrected chi connectivity index (χ0v) is 17.7. The Morgan fingerprint density at radius 2 is 1.70 bits per heavy atom. The largest absolute Gasteiger partial charge is 0.493 e. The van der Waals surface area contributed by atoms with Crippen LogP contribution in [0.1, 0.15) is 12.8 Å². The Morgan fingerprint density at radius 1 is 1.00 bits per heavy atom. The molecule has 1 N–H and O–H groups in total. The van der Waals surface area contributed by atoms with Crippen LogP contribution in [0.25, 0.3) is 10.9 Å². The molecule has 3 aliphatic rings. The standard InChI is InChI=1S/C22H30N4O4/c1-28-20-9-16-17(10-21(20)29-2)23-13-24-22(16)26-11-14-7-18(19(27)8-15(14)12-26)25-3-5-30-6-4-25/h9-10,13-15,18-19,27H,3-8,11-12H2,1-2H3/t14-,15+,18-,19-/m1/s1. The highest BCUT2D eigenvalue weighted by molar-refractivity contribution is 5.92. The van der Waals surface area contributed by atoms with Gasteiger partial charge >= 0.3 is 0 Å². The predicted octanol–water partition coefficient (Wildman–Crippen LogP) is 1.55. The van der Waals surface area contributed by atoms with Crippen LogP contribution in [0.3, 0.4) is 0 Å². The van der Waals surface area contributed by atoms with E-state index in [2.05, 4.69) is 19.8 Å². The van der Waals surface area contributed by atoms with Crippen molar-refractivity contribution in [1.82, 2.24) is 14.9 Å². The molecule has 4 atom stereocenters. The summed E-state index contributed by atoms with van der Waals surface area (Å²) >= 11 is 0. The number of morpholine rings is 1. The number of aliphatic hydroxyl groups is 1. The summed E-state index contributed by atoms with van der Waals surface area (Å²) < 4.78 is 16.4. The fourth-order valence-corrected chi connectivity index (χ4v) is 5.50. The first-order valence-corrected chi connectivity index (χ1v) is 10.8. The summed E-state index contributed by atoms with van der Waals surface area (Å²) in [7, 11) is 3.28. The first kappa shape index (κ1) is 19.8. The lowest BCUT2D eigenvalue weighted by Crippen LogP contribution is -2.53. The molecule has 0 spiro atoms. The van der Waals surface area contributed by atoms with Crippen LogP contribution in [0, 0.1) is 11.8 Å². The second kappa shape index (κ2) is 8.17. The van der Waals surface area contributed by atoms with Gasteiger partial charge in [0.2, 0.25) is 0 Å². The lowest BCUT2D eigenvalue weighted by molar-refractivity contribution is -0.0520. The average molecular weight is 415 g/mol. The minimum Gasteiger partial charge on any atom is -0.493 e. The van der Waals surface area contributed by atoms with E-state index < -0.39 is 0 Å². The van der Waals surface area contributed by atoms with Crippen molar-refractivity contribution in [1.29, 1.82) is 0 Å². The van der Waals surface area contributed by atoms with Gasteiger partial charge in [0, 0.05) is 43.7 Å². The highest BCUT2D eigenvalue weighted by atomic mass is 16.5. The van der Waals surface area contributed by atoms with Gasteiger partial charge in [0.1, 0.15) is 12.1 Å². The van der Waals surface area contributed by atoms with Gasteiger partial charge in [-0.05, 0) is 30.7 Å². The van der Waals surface area contributed by atoms with Crippen LogP contribution in [0.15, 0.2) is 18.5 Å². The van der Waals surface area contributed by atoms with Crippen LogP contribution in [0.4, 0.5) is 5.82 Å². The fourth-order valence-electron chi connectivity index (χ4n) is 5.50. The summed E-state index contributed by atoms with van der Waals surface area (Å²) in [5.41, 5.74) is 0.846. The average Bonchev–Trinajstić information content (AvgIpc) is 3.20. The van der Waals surface area contributed by atoms with E-state index in [1.165, 1.54) is 0 Å². The van der Waals surface area contributed by atoms with E-state index in [0.717, 1.165) is 69.0 Å². The number of aromatic nitrogens is 2. The molecule has 3 fully saturated rings. The second-order valence-electron chi connectivity index (χ2n) is 8.60. The molecule has 3 heterocycles. The van der Waals surface area contributed by atoms with Gasteiger partial charge in [0.25, 0.3) is 0 Å². The maximum atomic E-state index is 10.9. The van der Waals surface area contributed by atoms with Gasteiger partial charge in [0.15, 0.2) is 11.5 Å². The van der Waals surface area contributed by atoms with E-state index in [1.54, 1.807) is 20.5 Å². The van der Waals surface area contributed by atoms with Gasteiger partial charge in [-0.3, -0.25) is 4.90 Å². The molecule has 2 aliphatic heterocycles. The van der Waals surface area contributed by atoms with Gasteiger partial charge in [0.05, 0.1) is 39.1 Å². The molecule has 8 nitrogen and oxygen atoms in total. The molecular weight excluding hydrogens is 384 g/mol. The number of benzene rings is 1. The van der Waals surface area contributed by atoms with Crippen LogP contribution in [-0.2, 0) is 4.74 Å². The molecule has 0 unspecified atom stereocenters. The molecule has 2 saturated heterocycles. The first-order valence-electron chi connectivity index (χ1n) is 10.8. The third-order valence-electron chi connectivity index (χ3n) is 7.04. The van der Waals surface area contributed by atoms with Crippen molar-refractivity contribution in [3.63, 3.8) is 0 Å². The monoisotopic (exact) mass is 414 g/mol. The lowest BCUT2D eigenvalue weighted by atomic mass is 9.77. The second-order valence-corrected chi connectivity index (χ2v) is 8.60. The summed E-state index contributed by atoms with van der Waals surface area (Å²) in [4.78, 5) is 13.9.